The maximum atomic E-state index is 5.02. The molecule has 0 bridgehead atoms. The van der Waals surface area contributed by atoms with Gasteiger partial charge >= 0.3 is 0 Å². The maximum absolute atomic E-state index is 5.02. The summed E-state index contributed by atoms with van der Waals surface area (Å²) in [5.74, 6) is 1.96. The van der Waals surface area contributed by atoms with Crippen LogP contribution in [0.2, 0.25) is 0 Å². The molecule has 0 atom stereocenters. The van der Waals surface area contributed by atoms with E-state index in [-0.39, 0.29) is 10.8 Å². The molecule has 3 nitrogen and oxygen atoms in total. The van der Waals surface area contributed by atoms with Gasteiger partial charge < -0.3 is 0 Å². The summed E-state index contributed by atoms with van der Waals surface area (Å²) < 4.78 is 0. The summed E-state index contributed by atoms with van der Waals surface area (Å²) in [6.45, 7) is 4.84. The van der Waals surface area contributed by atoms with Crippen molar-refractivity contribution >= 4 is 0 Å². The van der Waals surface area contributed by atoms with Gasteiger partial charge in [-0.3, -0.25) is 0 Å². The molecule has 1 heterocycles. The zero-order valence-electron chi connectivity index (χ0n) is 35.8. The first-order valence-corrected chi connectivity index (χ1v) is 22.6. The van der Waals surface area contributed by atoms with E-state index >= 15 is 0 Å². The van der Waals surface area contributed by atoms with E-state index in [4.69, 9.17) is 15.0 Å². The van der Waals surface area contributed by atoms with E-state index in [1.54, 1.807) is 11.1 Å². The molecule has 9 aromatic rings. The van der Waals surface area contributed by atoms with Crippen molar-refractivity contribution in [3.05, 3.63) is 210 Å². The monoisotopic (exact) mass is 809 g/mol. The lowest BCUT2D eigenvalue weighted by Crippen LogP contribution is -2.28. The Hall–Kier alpha value is -7.23. The highest BCUT2D eigenvalue weighted by molar-refractivity contribution is 5.91. The first-order valence-electron chi connectivity index (χ1n) is 22.6. The third kappa shape index (κ3) is 6.21. The van der Waals surface area contributed by atoms with Crippen molar-refractivity contribution in [3.63, 3.8) is 0 Å². The zero-order valence-corrected chi connectivity index (χ0v) is 35.8. The molecule has 3 aliphatic carbocycles. The van der Waals surface area contributed by atoms with Crippen LogP contribution in [0.15, 0.2) is 188 Å². The van der Waals surface area contributed by atoms with Gasteiger partial charge in [-0.05, 0) is 109 Å². The Bertz CT molecular complexity index is 3180. The number of hydrogen-bond acceptors (Lipinski definition) is 3. The van der Waals surface area contributed by atoms with Crippen LogP contribution < -0.4 is 0 Å². The quantitative estimate of drug-likeness (QED) is 0.168. The molecule has 1 aromatic heterocycles. The minimum atomic E-state index is -0.0944. The van der Waals surface area contributed by atoms with Gasteiger partial charge in [-0.2, -0.15) is 0 Å². The van der Waals surface area contributed by atoms with Gasteiger partial charge in [-0.15, -0.1) is 0 Å². The van der Waals surface area contributed by atoms with E-state index in [0.29, 0.717) is 17.5 Å². The normalized spacial score (nSPS) is 15.1. The molecule has 3 aliphatic rings. The highest BCUT2D eigenvalue weighted by Crippen LogP contribution is 2.60. The summed E-state index contributed by atoms with van der Waals surface area (Å²) in [5.41, 5.74) is 21.8. The molecule has 0 amide bonds. The number of aromatic nitrogens is 3. The highest BCUT2D eigenvalue weighted by atomic mass is 15.0. The second kappa shape index (κ2) is 14.7. The molecule has 63 heavy (non-hydrogen) atoms. The topological polar surface area (TPSA) is 38.7 Å². The maximum Gasteiger partial charge on any atom is 0.164 e. The van der Waals surface area contributed by atoms with E-state index in [2.05, 4.69) is 166 Å². The van der Waals surface area contributed by atoms with Crippen molar-refractivity contribution in [2.24, 2.45) is 0 Å². The molecule has 8 aromatic carbocycles. The predicted octanol–water partition coefficient (Wildman–Crippen LogP) is 15.4. The summed E-state index contributed by atoms with van der Waals surface area (Å²) >= 11 is 0. The van der Waals surface area contributed by atoms with Gasteiger partial charge in [-0.25, -0.2) is 15.0 Å². The fraction of sp³-hybridized carbons (Fsp3) is 0.150. The molecule has 302 valence electrons. The molecule has 0 radical (unpaired) electrons. The number of fused-ring (bicyclic) bond motifs is 8. The van der Waals surface area contributed by atoms with Crippen LogP contribution in [0.25, 0.3) is 89.8 Å². The predicted molar refractivity (Wildman–Crippen MR) is 259 cm³/mol. The third-order valence-electron chi connectivity index (χ3n) is 14.4. The Morgan fingerprint density at radius 3 is 1.25 bits per heavy atom. The third-order valence-corrected chi connectivity index (χ3v) is 14.4. The Labute approximate surface area is 370 Å². The summed E-state index contributed by atoms with van der Waals surface area (Å²) in [7, 11) is 0. The lowest BCUT2D eigenvalue weighted by atomic mass is 9.67. The summed E-state index contributed by atoms with van der Waals surface area (Å²) in [5, 5.41) is 0. The fourth-order valence-corrected chi connectivity index (χ4v) is 11.0. The second-order valence-corrected chi connectivity index (χ2v) is 18.3. The summed E-state index contributed by atoms with van der Waals surface area (Å²) in [6, 6.07) is 68.3. The average Bonchev–Trinajstić information content (AvgIpc) is 3.74. The van der Waals surface area contributed by atoms with Crippen LogP contribution in [0.1, 0.15) is 68.2 Å². The molecule has 3 heteroatoms. The first kappa shape index (κ1) is 37.5. The minimum absolute atomic E-state index is 0.0944. The van der Waals surface area contributed by atoms with E-state index in [0.717, 1.165) is 27.8 Å². The highest BCUT2D eigenvalue weighted by Gasteiger charge is 2.46. The van der Waals surface area contributed by atoms with Gasteiger partial charge in [-0.1, -0.05) is 203 Å². The summed E-state index contributed by atoms with van der Waals surface area (Å²) in [4.78, 5) is 15.0. The standard InChI is InChI=1S/C60H47N3/c1-59(2)53-36-47(32-33-49(53)50-38-55-51(37-54(50)59)48-18-10-11-19-52(48)60(55)34-12-5-13-35-60)43-22-20-41(21-23-43)42-26-30-46(31-27-42)58-62-56(44-16-8-4-9-17-44)61-57(63-58)45-28-24-40(25-29-45)39-14-6-3-7-15-39/h3-4,6-11,14-33,36-38H,5,12-13,34-35H2,1-2H3. The van der Waals surface area contributed by atoms with E-state index in [9.17, 15) is 0 Å². The molecule has 1 spiro atoms. The fourth-order valence-electron chi connectivity index (χ4n) is 11.0. The molecule has 0 aliphatic heterocycles. The van der Waals surface area contributed by atoms with Crippen LogP contribution in [-0.2, 0) is 10.8 Å². The van der Waals surface area contributed by atoms with Crippen LogP contribution in [0.5, 0.6) is 0 Å². The molecule has 0 N–H and O–H groups in total. The Morgan fingerprint density at radius 1 is 0.302 bits per heavy atom. The smallest absolute Gasteiger partial charge is 0.164 e. The van der Waals surface area contributed by atoms with Gasteiger partial charge in [0.2, 0.25) is 0 Å². The van der Waals surface area contributed by atoms with Gasteiger partial charge in [0.1, 0.15) is 0 Å². The van der Waals surface area contributed by atoms with E-state index < -0.39 is 0 Å². The summed E-state index contributed by atoms with van der Waals surface area (Å²) in [6.07, 6.45) is 6.48. The van der Waals surface area contributed by atoms with Crippen molar-refractivity contribution in [3.8, 4) is 89.8 Å². The van der Waals surface area contributed by atoms with Crippen LogP contribution in [0, 0.1) is 0 Å². The number of hydrogen-bond donors (Lipinski definition) is 0. The number of benzene rings is 8. The van der Waals surface area contributed by atoms with Crippen LogP contribution >= 0.6 is 0 Å². The van der Waals surface area contributed by atoms with E-state index in [1.807, 2.05) is 36.4 Å². The van der Waals surface area contributed by atoms with Crippen molar-refractivity contribution < 1.29 is 0 Å². The lowest BCUT2D eigenvalue weighted by Gasteiger charge is -2.36. The van der Waals surface area contributed by atoms with Crippen LogP contribution in [-0.4, -0.2) is 15.0 Å². The Morgan fingerprint density at radius 2 is 0.683 bits per heavy atom. The zero-order chi connectivity index (χ0) is 42.1. The van der Waals surface area contributed by atoms with Gasteiger partial charge in [0.05, 0.1) is 0 Å². The van der Waals surface area contributed by atoms with Gasteiger partial charge in [0.15, 0.2) is 17.5 Å². The SMILES string of the molecule is CC1(C)c2cc(-c3ccc(-c4ccc(-c5nc(-c6ccccc6)nc(-c6ccc(-c7ccccc7)cc6)n5)cc4)cc3)ccc2-c2cc3c(cc21)-c1ccccc1C31CCCCC1. The molecule has 12 rings (SSSR count). The van der Waals surface area contributed by atoms with Gasteiger partial charge in [0, 0.05) is 27.5 Å². The number of rotatable bonds is 6. The van der Waals surface area contributed by atoms with E-state index in [1.165, 1.54) is 87.7 Å². The Balaban J connectivity index is 0.830. The minimum Gasteiger partial charge on any atom is -0.208 e. The van der Waals surface area contributed by atoms with Gasteiger partial charge in [0.25, 0.3) is 0 Å². The molecule has 1 fully saturated rings. The van der Waals surface area contributed by atoms with Crippen LogP contribution in [0.4, 0.5) is 0 Å². The lowest BCUT2D eigenvalue weighted by molar-refractivity contribution is 0.353. The number of nitrogens with zero attached hydrogens (tertiary/aromatic N) is 3. The molecule has 0 saturated heterocycles. The van der Waals surface area contributed by atoms with Crippen molar-refractivity contribution in [2.75, 3.05) is 0 Å². The second-order valence-electron chi connectivity index (χ2n) is 18.3. The van der Waals surface area contributed by atoms with Crippen molar-refractivity contribution in [1.29, 1.82) is 0 Å². The largest absolute Gasteiger partial charge is 0.208 e. The molecule has 0 unspecified atom stereocenters. The molecular weight excluding hydrogens is 763 g/mol. The molecular formula is C60H47N3. The average molecular weight is 810 g/mol. The van der Waals surface area contributed by atoms with Crippen molar-refractivity contribution in [2.45, 2.75) is 56.8 Å². The molecule has 1 saturated carbocycles. The van der Waals surface area contributed by atoms with Crippen molar-refractivity contribution in [1.82, 2.24) is 15.0 Å². The van der Waals surface area contributed by atoms with Crippen LogP contribution in [0.3, 0.4) is 0 Å². The first-order chi connectivity index (χ1) is 30.9. The Kier molecular flexibility index (Phi) is 8.76.